The summed E-state index contributed by atoms with van der Waals surface area (Å²) in [6.07, 6.45) is 1.74. The minimum Gasteiger partial charge on any atom is -0.303 e. The summed E-state index contributed by atoms with van der Waals surface area (Å²) in [5.41, 5.74) is 1.16. The van der Waals surface area contributed by atoms with Gasteiger partial charge in [0.15, 0.2) is 5.78 Å². The molecule has 23 heavy (non-hydrogen) atoms. The molecule has 122 valence electrons. The molecule has 0 amide bonds. The van der Waals surface area contributed by atoms with E-state index in [2.05, 4.69) is 5.10 Å². The molecule has 0 heterocycles. The van der Waals surface area contributed by atoms with Crippen LogP contribution in [0.3, 0.4) is 0 Å². The van der Waals surface area contributed by atoms with E-state index < -0.39 is 11.7 Å². The maximum atomic E-state index is 12.5. The predicted molar refractivity (Wildman–Crippen MR) is 83.9 cm³/mol. The first-order valence-corrected chi connectivity index (χ1v) is 7.10. The van der Waals surface area contributed by atoms with Gasteiger partial charge in [0.2, 0.25) is 0 Å². The molecule has 3 nitrogen and oxygen atoms in total. The van der Waals surface area contributed by atoms with E-state index in [-0.39, 0.29) is 5.78 Å². The number of Topliss-reactive ketones (excluding diaryl/α,β-unsaturated/α-hetero) is 1. The van der Waals surface area contributed by atoms with Gasteiger partial charge in [0.25, 0.3) is 0 Å². The lowest BCUT2D eigenvalue weighted by atomic mass is 10.1. The van der Waals surface area contributed by atoms with E-state index >= 15 is 0 Å². The van der Waals surface area contributed by atoms with Crippen molar-refractivity contribution < 1.29 is 18.0 Å². The van der Waals surface area contributed by atoms with Crippen LogP contribution in [0.5, 0.6) is 0 Å². The molecule has 1 aromatic rings. The lowest BCUT2D eigenvalue weighted by Crippen LogP contribution is -2.04. The van der Waals surface area contributed by atoms with Gasteiger partial charge in [0, 0.05) is 31.5 Å². The number of halogens is 3. The zero-order valence-corrected chi connectivity index (χ0v) is 12.9. The minimum atomic E-state index is -4.35. The standard InChI is InChI=1S/C17H17F3N2O/c1-22(2)21-10-9-13-5-6-14(16(13)23)11-12-3-7-15(8-4-12)17(18,19)20/h3-4,7-11H,5-6H2,1-2H3. The summed E-state index contributed by atoms with van der Waals surface area (Å²) in [4.78, 5) is 12.2. The minimum absolute atomic E-state index is 0.0740. The molecule has 0 N–H and O–H groups in total. The van der Waals surface area contributed by atoms with Crippen molar-refractivity contribution in [2.75, 3.05) is 14.1 Å². The molecule has 0 saturated heterocycles. The number of nitrogens with zero attached hydrogens (tertiary/aromatic N) is 2. The predicted octanol–water partition coefficient (Wildman–Crippen LogP) is 3.93. The third-order valence-corrected chi connectivity index (χ3v) is 3.40. The molecule has 2 rings (SSSR count). The molecular weight excluding hydrogens is 305 g/mol. The van der Waals surface area contributed by atoms with Crippen molar-refractivity contribution in [3.63, 3.8) is 0 Å². The Bertz CT molecular complexity index is 668. The summed E-state index contributed by atoms with van der Waals surface area (Å²) < 4.78 is 37.6. The van der Waals surface area contributed by atoms with Crippen LogP contribution in [0.25, 0.3) is 6.08 Å². The van der Waals surface area contributed by atoms with Crippen LogP contribution in [-0.4, -0.2) is 31.1 Å². The van der Waals surface area contributed by atoms with Gasteiger partial charge in [-0.3, -0.25) is 4.79 Å². The highest BCUT2D eigenvalue weighted by Gasteiger charge is 2.30. The van der Waals surface area contributed by atoms with Crippen LogP contribution >= 0.6 is 0 Å². The van der Waals surface area contributed by atoms with Gasteiger partial charge in [-0.1, -0.05) is 12.1 Å². The average Bonchev–Trinajstić information content (AvgIpc) is 2.80. The van der Waals surface area contributed by atoms with E-state index in [1.54, 1.807) is 37.5 Å². The molecule has 0 radical (unpaired) electrons. The molecular formula is C17H17F3N2O. The van der Waals surface area contributed by atoms with E-state index in [9.17, 15) is 18.0 Å². The first kappa shape index (κ1) is 17.0. The second-order valence-corrected chi connectivity index (χ2v) is 5.42. The zero-order chi connectivity index (χ0) is 17.0. The monoisotopic (exact) mass is 322 g/mol. The third kappa shape index (κ3) is 4.55. The number of hydrazone groups is 1. The number of benzene rings is 1. The lowest BCUT2D eigenvalue weighted by Gasteiger charge is -2.06. The molecule has 0 spiro atoms. The zero-order valence-electron chi connectivity index (χ0n) is 12.9. The van der Waals surface area contributed by atoms with Crippen LogP contribution in [0.1, 0.15) is 24.0 Å². The van der Waals surface area contributed by atoms with Gasteiger partial charge >= 0.3 is 6.18 Å². The Hall–Kier alpha value is -2.37. The highest BCUT2D eigenvalue weighted by molar-refractivity contribution is 6.14. The van der Waals surface area contributed by atoms with Gasteiger partial charge in [-0.2, -0.15) is 18.3 Å². The van der Waals surface area contributed by atoms with Gasteiger partial charge in [0.1, 0.15) is 0 Å². The van der Waals surface area contributed by atoms with E-state index in [0.717, 1.165) is 12.1 Å². The molecule has 0 atom stereocenters. The highest BCUT2D eigenvalue weighted by atomic mass is 19.4. The smallest absolute Gasteiger partial charge is 0.303 e. The first-order chi connectivity index (χ1) is 10.8. The molecule has 1 aromatic carbocycles. The SMILES string of the molecule is CN(C)N=CC=C1CCC(=Cc2ccc(C(F)(F)F)cc2)C1=O. The maximum absolute atomic E-state index is 12.5. The Morgan fingerprint density at radius 3 is 2.26 bits per heavy atom. The quantitative estimate of drug-likeness (QED) is 0.480. The topological polar surface area (TPSA) is 32.7 Å². The van der Waals surface area contributed by atoms with Crippen molar-refractivity contribution in [1.29, 1.82) is 0 Å². The van der Waals surface area contributed by atoms with Gasteiger partial charge in [-0.25, -0.2) is 0 Å². The molecule has 0 bridgehead atoms. The number of allylic oxidation sites excluding steroid dienone is 3. The van der Waals surface area contributed by atoms with E-state index in [1.807, 2.05) is 0 Å². The van der Waals surface area contributed by atoms with Gasteiger partial charge in [-0.05, 0) is 42.7 Å². The van der Waals surface area contributed by atoms with Crippen LogP contribution in [0, 0.1) is 0 Å². The van der Waals surface area contributed by atoms with E-state index in [0.29, 0.717) is 29.6 Å². The van der Waals surface area contributed by atoms with Crippen LogP contribution in [0.4, 0.5) is 13.2 Å². The number of hydrogen-bond acceptors (Lipinski definition) is 3. The first-order valence-electron chi connectivity index (χ1n) is 7.10. The Morgan fingerprint density at radius 1 is 1.09 bits per heavy atom. The van der Waals surface area contributed by atoms with Crippen LogP contribution < -0.4 is 0 Å². The Morgan fingerprint density at radius 2 is 1.70 bits per heavy atom. The second-order valence-electron chi connectivity index (χ2n) is 5.42. The number of carbonyl (C=O) groups is 1. The molecule has 1 saturated carbocycles. The van der Waals surface area contributed by atoms with Crippen LogP contribution in [0.15, 0.2) is 46.6 Å². The number of alkyl halides is 3. The fourth-order valence-corrected chi connectivity index (χ4v) is 2.23. The fraction of sp³-hybridized carbons (Fsp3) is 0.294. The summed E-state index contributed by atoms with van der Waals surface area (Å²) in [6.45, 7) is 0. The number of carbonyl (C=O) groups excluding carboxylic acids is 1. The summed E-state index contributed by atoms with van der Waals surface area (Å²) >= 11 is 0. The molecule has 6 heteroatoms. The Labute approximate surface area is 132 Å². The van der Waals surface area contributed by atoms with Gasteiger partial charge in [-0.15, -0.1) is 0 Å². The fourth-order valence-electron chi connectivity index (χ4n) is 2.23. The molecule has 1 aliphatic rings. The van der Waals surface area contributed by atoms with Crippen molar-refractivity contribution in [3.8, 4) is 0 Å². The average molecular weight is 322 g/mol. The van der Waals surface area contributed by atoms with E-state index in [4.69, 9.17) is 0 Å². The molecule has 1 aliphatic carbocycles. The second kappa shape index (κ2) is 6.81. The van der Waals surface area contributed by atoms with Crippen LogP contribution in [-0.2, 0) is 11.0 Å². The summed E-state index contributed by atoms with van der Waals surface area (Å²) in [5.74, 6) is -0.0740. The van der Waals surface area contributed by atoms with E-state index in [1.165, 1.54) is 12.1 Å². The summed E-state index contributed by atoms with van der Waals surface area (Å²) in [6, 6.07) is 4.79. The number of ketones is 1. The lowest BCUT2D eigenvalue weighted by molar-refractivity contribution is -0.137. The third-order valence-electron chi connectivity index (χ3n) is 3.40. The van der Waals surface area contributed by atoms with Crippen molar-refractivity contribution in [2.24, 2.45) is 5.10 Å². The summed E-state index contributed by atoms with van der Waals surface area (Å²) in [5, 5.41) is 5.64. The maximum Gasteiger partial charge on any atom is 0.416 e. The normalized spacial score (nSPS) is 19.3. The highest BCUT2D eigenvalue weighted by Crippen LogP contribution is 2.31. The largest absolute Gasteiger partial charge is 0.416 e. The van der Waals surface area contributed by atoms with Gasteiger partial charge in [0.05, 0.1) is 5.56 Å². The molecule has 0 unspecified atom stereocenters. The van der Waals surface area contributed by atoms with Crippen LogP contribution in [0.2, 0.25) is 0 Å². The molecule has 1 fully saturated rings. The number of rotatable bonds is 3. The van der Waals surface area contributed by atoms with Crippen molar-refractivity contribution in [1.82, 2.24) is 5.01 Å². The number of hydrogen-bond donors (Lipinski definition) is 0. The van der Waals surface area contributed by atoms with Gasteiger partial charge < -0.3 is 5.01 Å². The van der Waals surface area contributed by atoms with Crippen molar-refractivity contribution in [2.45, 2.75) is 19.0 Å². The Balaban J connectivity index is 2.14. The van der Waals surface area contributed by atoms with Crippen molar-refractivity contribution >= 4 is 18.1 Å². The molecule has 0 aromatic heterocycles. The van der Waals surface area contributed by atoms with Crippen molar-refractivity contribution in [3.05, 3.63) is 52.6 Å². The summed E-state index contributed by atoms with van der Waals surface area (Å²) in [7, 11) is 3.56. The molecule has 0 aliphatic heterocycles. The Kier molecular flexibility index (Phi) is 5.03.